The molecule has 0 heterocycles. The monoisotopic (exact) mass is 1190 g/mol. The van der Waals surface area contributed by atoms with Crippen LogP contribution in [0, 0.1) is 11.8 Å². The number of hydrogen-bond acceptors (Lipinski definition) is 17. The number of benzene rings is 1. The molecule has 0 aromatic heterocycles. The molecular formula is C51H84N16O17. The van der Waals surface area contributed by atoms with Crippen molar-refractivity contribution in [2.45, 2.75) is 172 Å². The highest BCUT2D eigenvalue weighted by Gasteiger charge is 2.37. The van der Waals surface area contributed by atoms with Crippen LogP contribution in [-0.4, -0.2) is 182 Å². The van der Waals surface area contributed by atoms with Crippen LogP contribution in [0.25, 0.3) is 0 Å². The van der Waals surface area contributed by atoms with E-state index in [2.05, 4.69) is 52.5 Å². The Balaban J connectivity index is 3.53. The summed E-state index contributed by atoms with van der Waals surface area (Å²) in [5, 5.41) is 68.5. The van der Waals surface area contributed by atoms with Gasteiger partial charge in [0.15, 0.2) is 11.9 Å². The molecule has 33 heteroatoms. The Morgan fingerprint density at radius 2 is 0.857 bits per heavy atom. The molecule has 9 amide bonds. The van der Waals surface area contributed by atoms with E-state index in [0.717, 1.165) is 6.92 Å². The summed E-state index contributed by atoms with van der Waals surface area (Å²) in [5.74, 6) is -15.3. The number of carboxylic acids is 3. The molecule has 0 saturated heterocycles. The topological polar surface area (TPSA) is 583 Å². The first-order valence-corrected chi connectivity index (χ1v) is 26.9. The first-order chi connectivity index (χ1) is 39.2. The Morgan fingerprint density at radius 1 is 0.476 bits per heavy atom. The van der Waals surface area contributed by atoms with Crippen molar-refractivity contribution in [1.82, 2.24) is 42.5 Å². The summed E-state index contributed by atoms with van der Waals surface area (Å²) in [6.07, 6.45) is -5.31. The van der Waals surface area contributed by atoms with Gasteiger partial charge in [-0.2, -0.15) is 0 Å². The number of carbonyl (C=O) groups excluding carboxylic acids is 9. The van der Waals surface area contributed by atoms with Crippen molar-refractivity contribution in [2.75, 3.05) is 13.1 Å². The van der Waals surface area contributed by atoms with Crippen LogP contribution in [0.3, 0.4) is 0 Å². The number of nitrogens with two attached hydrogens (primary N) is 6. The van der Waals surface area contributed by atoms with E-state index in [-0.39, 0.29) is 75.2 Å². The second-order valence-corrected chi connectivity index (χ2v) is 20.5. The molecule has 0 bridgehead atoms. The van der Waals surface area contributed by atoms with E-state index in [1.165, 1.54) is 38.1 Å². The number of primary amides is 1. The van der Waals surface area contributed by atoms with E-state index >= 15 is 0 Å². The van der Waals surface area contributed by atoms with Gasteiger partial charge in [0, 0.05) is 38.8 Å². The van der Waals surface area contributed by atoms with Crippen molar-refractivity contribution in [3.05, 3.63) is 29.8 Å². The molecule has 1 aromatic carbocycles. The van der Waals surface area contributed by atoms with E-state index in [9.17, 15) is 83.1 Å². The van der Waals surface area contributed by atoms with Gasteiger partial charge in [-0.1, -0.05) is 39.8 Å². The van der Waals surface area contributed by atoms with E-state index in [4.69, 9.17) is 34.4 Å². The maximum absolute atomic E-state index is 14.3. The number of aromatic hydroxyl groups is 1. The van der Waals surface area contributed by atoms with Gasteiger partial charge >= 0.3 is 17.9 Å². The number of aliphatic carboxylic acids is 3. The lowest BCUT2D eigenvalue weighted by molar-refractivity contribution is -0.142. The zero-order chi connectivity index (χ0) is 64.0. The number of aliphatic imine (C=N–C) groups is 2. The summed E-state index contributed by atoms with van der Waals surface area (Å²) < 4.78 is 0. The molecule has 33 nitrogen and oxygen atoms in total. The molecule has 0 aliphatic rings. The molecule has 470 valence electrons. The number of nitrogens with zero attached hydrogens (tertiary/aromatic N) is 2. The van der Waals surface area contributed by atoms with Crippen LogP contribution in [0.4, 0.5) is 0 Å². The van der Waals surface area contributed by atoms with Crippen LogP contribution < -0.4 is 76.9 Å². The average Bonchev–Trinajstić information content (AvgIpc) is 3.57. The van der Waals surface area contributed by atoms with Gasteiger partial charge in [0.1, 0.15) is 54.1 Å². The SMILES string of the molecule is CC(C)C[C@H](NC(=O)[C@H](CCC(=O)O)NC(=O)[C@@H](NC(=O)[C@@H](NC(=O)[C@H](CCC(=O)O)NC(=O)[C@@H](N)CCCN=C(N)N)[C@@H](C)O)C(C)C)C(=O)N[C@@H](CCCN=C(N)N)C(=O)N[C@@H](CCC(N)=O)C(=O)N[C@@H](Cc1ccc(O)cc1)C(=O)O. The number of phenols is 1. The number of phenolic OH excluding ortho intramolecular Hbond substituents is 1. The number of carbonyl (C=O) groups is 12. The predicted molar refractivity (Wildman–Crippen MR) is 301 cm³/mol. The number of amides is 9. The average molecular weight is 1190 g/mol. The maximum Gasteiger partial charge on any atom is 0.326 e. The van der Waals surface area contributed by atoms with Crippen molar-refractivity contribution < 1.29 is 83.1 Å². The van der Waals surface area contributed by atoms with Crippen molar-refractivity contribution in [1.29, 1.82) is 0 Å². The molecule has 0 aliphatic heterocycles. The molecule has 84 heavy (non-hydrogen) atoms. The number of rotatable bonds is 40. The number of guanidine groups is 2. The molecule has 0 fully saturated rings. The van der Waals surface area contributed by atoms with Gasteiger partial charge in [-0.25, -0.2) is 4.79 Å². The Morgan fingerprint density at radius 3 is 1.29 bits per heavy atom. The van der Waals surface area contributed by atoms with Crippen molar-refractivity contribution >= 4 is 83.0 Å². The summed E-state index contributed by atoms with van der Waals surface area (Å²) in [7, 11) is 0. The van der Waals surface area contributed by atoms with Crippen LogP contribution in [-0.2, 0) is 64.0 Å². The highest BCUT2D eigenvalue weighted by Crippen LogP contribution is 2.14. The van der Waals surface area contributed by atoms with Crippen molar-refractivity contribution in [3.63, 3.8) is 0 Å². The number of hydrogen-bond donors (Lipinski definition) is 19. The second kappa shape index (κ2) is 37.3. The molecule has 0 saturated carbocycles. The minimum absolute atomic E-state index is 0.0235. The minimum Gasteiger partial charge on any atom is -0.508 e. The molecule has 25 N–H and O–H groups in total. The maximum atomic E-state index is 14.3. The lowest BCUT2D eigenvalue weighted by atomic mass is 9.99. The van der Waals surface area contributed by atoms with E-state index in [0.29, 0.717) is 5.56 Å². The zero-order valence-corrected chi connectivity index (χ0v) is 47.6. The number of aliphatic hydroxyl groups excluding tert-OH is 1. The summed E-state index contributed by atoms with van der Waals surface area (Å²) in [4.78, 5) is 166. The van der Waals surface area contributed by atoms with Crippen molar-refractivity contribution in [2.24, 2.45) is 56.2 Å². The lowest BCUT2D eigenvalue weighted by Gasteiger charge is -2.30. The summed E-state index contributed by atoms with van der Waals surface area (Å²) in [6, 6.07) is -8.76. The molecule has 10 atom stereocenters. The Labute approximate surface area is 484 Å². The summed E-state index contributed by atoms with van der Waals surface area (Å²) in [5.41, 5.74) is 33.3. The highest BCUT2D eigenvalue weighted by atomic mass is 16.4. The largest absolute Gasteiger partial charge is 0.508 e. The normalized spacial score (nSPS) is 14.6. The van der Waals surface area contributed by atoms with E-state index < -0.39 is 176 Å². The smallest absolute Gasteiger partial charge is 0.326 e. The molecule has 0 spiro atoms. The van der Waals surface area contributed by atoms with Gasteiger partial charge in [-0.05, 0) is 87.8 Å². The van der Waals surface area contributed by atoms with Gasteiger partial charge in [-0.15, -0.1) is 0 Å². The summed E-state index contributed by atoms with van der Waals surface area (Å²) >= 11 is 0. The van der Waals surface area contributed by atoms with Crippen LogP contribution in [0.5, 0.6) is 5.75 Å². The third-order valence-corrected chi connectivity index (χ3v) is 12.4. The van der Waals surface area contributed by atoms with E-state index in [1.54, 1.807) is 13.8 Å². The first kappa shape index (κ1) is 73.1. The minimum atomic E-state index is -1.85. The molecular weight excluding hydrogens is 1110 g/mol. The summed E-state index contributed by atoms with van der Waals surface area (Å²) in [6.45, 7) is 7.44. The molecule has 0 radical (unpaired) electrons. The molecule has 0 aliphatic carbocycles. The Bertz CT molecular complexity index is 2490. The van der Waals surface area contributed by atoms with Gasteiger partial charge in [0.25, 0.3) is 0 Å². The predicted octanol–water partition coefficient (Wildman–Crippen LogP) is -5.59. The van der Waals surface area contributed by atoms with Crippen LogP contribution >= 0.6 is 0 Å². The number of nitrogens with one attached hydrogen (secondary N) is 8. The van der Waals surface area contributed by atoms with Gasteiger partial charge in [-0.3, -0.25) is 62.7 Å². The third kappa shape index (κ3) is 29.2. The highest BCUT2D eigenvalue weighted by molar-refractivity contribution is 5.98. The Kier molecular flexibility index (Phi) is 32.4. The fourth-order valence-corrected chi connectivity index (χ4v) is 7.89. The molecule has 1 rings (SSSR count). The number of aliphatic hydroxyl groups is 1. The Hall–Kier alpha value is -8.88. The fraction of sp³-hybridized carbons (Fsp3) is 0.608. The lowest BCUT2D eigenvalue weighted by Crippen LogP contribution is -2.62. The molecule has 0 unspecified atom stereocenters. The first-order valence-electron chi connectivity index (χ1n) is 26.9. The van der Waals surface area contributed by atoms with Crippen LogP contribution in [0.15, 0.2) is 34.3 Å². The standard InChI is InChI=1S/C51H84N16O17/c1-24(2)22-34(46(80)61-30(9-7-21-59-51(56)57)42(76)62-31(14-17-36(53)70)44(78)65-35(49(83)84)23-27-10-12-28(69)13-11-27)64-43(77)32(15-18-37(71)72)63-47(81)39(25(3)4)66-48(82)40(26(5)68)67-45(79)33(16-19-38(73)74)60-41(75)29(52)8-6-20-58-50(54)55/h10-13,24-26,29-35,39-40,68-69H,6-9,14-23,52H2,1-5H3,(H2,53,70)(H,60,75)(H,61,80)(H,62,76)(H,63,81)(H,64,77)(H,65,78)(H,66,82)(H,67,79)(H,71,72)(H,73,74)(H,83,84)(H4,54,55,58)(H4,56,57,59)/t26-,29+,30+,31+,32+,33+,34+,35+,39+,40+/m1/s1. The van der Waals surface area contributed by atoms with E-state index in [1.807, 2.05) is 0 Å². The van der Waals surface area contributed by atoms with Crippen LogP contribution in [0.1, 0.15) is 111 Å². The van der Waals surface area contributed by atoms with Crippen molar-refractivity contribution in [3.8, 4) is 5.75 Å². The van der Waals surface area contributed by atoms with Gasteiger partial charge in [0.2, 0.25) is 53.2 Å². The quantitative estimate of drug-likeness (QED) is 0.0165. The second-order valence-electron chi connectivity index (χ2n) is 20.5. The fourth-order valence-electron chi connectivity index (χ4n) is 7.89. The third-order valence-electron chi connectivity index (χ3n) is 12.4. The van der Waals surface area contributed by atoms with Crippen LogP contribution in [0.2, 0.25) is 0 Å². The van der Waals surface area contributed by atoms with Gasteiger partial charge < -0.3 is 102 Å². The number of carboxylic acid groups (broad SMARTS) is 3. The zero-order valence-electron chi connectivity index (χ0n) is 47.6. The molecule has 1 aromatic rings. The van der Waals surface area contributed by atoms with Gasteiger partial charge in [0.05, 0.1) is 12.1 Å².